The molecule has 0 aromatic heterocycles. The van der Waals surface area contributed by atoms with Crippen LogP contribution in [0.2, 0.25) is 0 Å². The van der Waals surface area contributed by atoms with E-state index in [0.29, 0.717) is 18.7 Å². The van der Waals surface area contributed by atoms with E-state index in [1.807, 2.05) is 20.8 Å². The molecule has 3 unspecified atom stereocenters. The third-order valence-corrected chi connectivity index (χ3v) is 4.64. The van der Waals surface area contributed by atoms with Crippen molar-refractivity contribution in [2.24, 2.45) is 5.92 Å². The molecule has 1 saturated carbocycles. The van der Waals surface area contributed by atoms with E-state index in [1.165, 1.54) is 12.8 Å². The van der Waals surface area contributed by atoms with Crippen molar-refractivity contribution < 1.29 is 9.53 Å². The van der Waals surface area contributed by atoms with Crippen LogP contribution in [0.15, 0.2) is 0 Å². The number of nitrogens with one attached hydrogen (secondary N) is 1. The van der Waals surface area contributed by atoms with Crippen LogP contribution in [0.1, 0.15) is 53.9 Å². The quantitative estimate of drug-likeness (QED) is 0.660. The van der Waals surface area contributed by atoms with Gasteiger partial charge in [-0.1, -0.05) is 6.92 Å². The zero-order valence-corrected chi connectivity index (χ0v) is 14.0. The number of ether oxygens (including phenoxy) is 1. The molecule has 0 amide bonds. The molecule has 1 rings (SSSR count). The Bertz CT molecular complexity index is 318. The summed E-state index contributed by atoms with van der Waals surface area (Å²) in [4.78, 5) is 14.6. The van der Waals surface area contributed by atoms with Gasteiger partial charge in [-0.3, -0.25) is 4.79 Å². The normalized spacial score (nSPS) is 21.4. The standard InChI is InChI=1S/C16H32N2O2/c1-7-17-16(5,15(19)20-8-2)11-12(3)18(6)13(4)14-9-10-14/h12-14,17H,7-11H2,1-6H3. The van der Waals surface area contributed by atoms with Crippen LogP contribution in [0.4, 0.5) is 0 Å². The first kappa shape index (κ1) is 17.4. The minimum atomic E-state index is -0.596. The molecule has 20 heavy (non-hydrogen) atoms. The molecule has 118 valence electrons. The number of likely N-dealkylation sites (N-methyl/N-ethyl adjacent to an activating group) is 1. The molecule has 4 nitrogen and oxygen atoms in total. The van der Waals surface area contributed by atoms with Gasteiger partial charge in [0.1, 0.15) is 5.54 Å². The van der Waals surface area contributed by atoms with Crippen LogP contribution in [0.5, 0.6) is 0 Å². The monoisotopic (exact) mass is 284 g/mol. The van der Waals surface area contributed by atoms with Gasteiger partial charge in [-0.05, 0) is 66.5 Å². The molecule has 0 aromatic carbocycles. The van der Waals surface area contributed by atoms with Crippen molar-refractivity contribution in [1.82, 2.24) is 10.2 Å². The molecule has 1 fully saturated rings. The second kappa shape index (κ2) is 7.41. The third-order valence-electron chi connectivity index (χ3n) is 4.64. The summed E-state index contributed by atoms with van der Waals surface area (Å²) >= 11 is 0. The van der Waals surface area contributed by atoms with Crippen molar-refractivity contribution in [2.45, 2.75) is 71.5 Å². The summed E-state index contributed by atoms with van der Waals surface area (Å²) in [5, 5.41) is 3.31. The summed E-state index contributed by atoms with van der Waals surface area (Å²) in [6, 6.07) is 0.942. The SMILES string of the molecule is CCNC(C)(CC(C)N(C)C(C)C1CC1)C(=O)OCC. The predicted octanol–water partition coefficient (Wildman–Crippen LogP) is 2.43. The lowest BCUT2D eigenvalue weighted by Crippen LogP contribution is -2.54. The van der Waals surface area contributed by atoms with Gasteiger partial charge in [0.15, 0.2) is 0 Å². The van der Waals surface area contributed by atoms with E-state index in [9.17, 15) is 4.79 Å². The zero-order chi connectivity index (χ0) is 15.3. The first-order valence-corrected chi connectivity index (χ1v) is 7.99. The highest BCUT2D eigenvalue weighted by Crippen LogP contribution is 2.35. The highest BCUT2D eigenvalue weighted by Gasteiger charge is 2.38. The maximum absolute atomic E-state index is 12.2. The zero-order valence-electron chi connectivity index (χ0n) is 14.0. The van der Waals surface area contributed by atoms with Crippen LogP contribution >= 0.6 is 0 Å². The van der Waals surface area contributed by atoms with E-state index in [4.69, 9.17) is 4.74 Å². The first-order valence-electron chi connectivity index (χ1n) is 7.99. The Morgan fingerprint density at radius 3 is 2.45 bits per heavy atom. The number of nitrogens with zero attached hydrogens (tertiary/aromatic N) is 1. The fourth-order valence-electron chi connectivity index (χ4n) is 2.96. The molecule has 0 radical (unpaired) electrons. The molecular formula is C16H32N2O2. The smallest absolute Gasteiger partial charge is 0.326 e. The van der Waals surface area contributed by atoms with Crippen molar-refractivity contribution in [3.8, 4) is 0 Å². The average molecular weight is 284 g/mol. The number of carbonyl (C=O) groups is 1. The number of esters is 1. The Labute approximate surface area is 124 Å². The van der Waals surface area contributed by atoms with Gasteiger partial charge in [-0.25, -0.2) is 0 Å². The molecule has 1 aliphatic rings. The summed E-state index contributed by atoms with van der Waals surface area (Å²) in [6.45, 7) is 11.5. The van der Waals surface area contributed by atoms with Gasteiger partial charge in [0.25, 0.3) is 0 Å². The average Bonchev–Trinajstić information content (AvgIpc) is 3.21. The van der Waals surface area contributed by atoms with Crippen LogP contribution < -0.4 is 5.32 Å². The van der Waals surface area contributed by atoms with Crippen molar-refractivity contribution in [2.75, 3.05) is 20.2 Å². The van der Waals surface area contributed by atoms with Gasteiger partial charge in [0.05, 0.1) is 6.61 Å². The molecule has 0 bridgehead atoms. The van der Waals surface area contributed by atoms with Crippen LogP contribution in [0.25, 0.3) is 0 Å². The van der Waals surface area contributed by atoms with E-state index in [-0.39, 0.29) is 5.97 Å². The Morgan fingerprint density at radius 1 is 1.40 bits per heavy atom. The molecule has 0 heterocycles. The highest BCUT2D eigenvalue weighted by atomic mass is 16.5. The maximum atomic E-state index is 12.2. The molecule has 1 aliphatic carbocycles. The van der Waals surface area contributed by atoms with Gasteiger partial charge in [0.2, 0.25) is 0 Å². The Hall–Kier alpha value is -0.610. The molecular weight excluding hydrogens is 252 g/mol. The molecule has 3 atom stereocenters. The topological polar surface area (TPSA) is 41.6 Å². The fourth-order valence-corrected chi connectivity index (χ4v) is 2.96. The van der Waals surface area contributed by atoms with E-state index < -0.39 is 5.54 Å². The fraction of sp³-hybridized carbons (Fsp3) is 0.938. The molecule has 0 saturated heterocycles. The molecule has 0 spiro atoms. The van der Waals surface area contributed by atoms with Gasteiger partial charge in [-0.15, -0.1) is 0 Å². The van der Waals surface area contributed by atoms with Crippen LogP contribution in [0, 0.1) is 5.92 Å². The molecule has 0 aromatic rings. The summed E-state index contributed by atoms with van der Waals surface area (Å²) in [7, 11) is 2.17. The number of hydrogen-bond acceptors (Lipinski definition) is 4. The predicted molar refractivity (Wildman–Crippen MR) is 82.7 cm³/mol. The third kappa shape index (κ3) is 4.45. The van der Waals surface area contributed by atoms with Crippen molar-refractivity contribution >= 4 is 5.97 Å². The van der Waals surface area contributed by atoms with Gasteiger partial charge >= 0.3 is 5.97 Å². The largest absolute Gasteiger partial charge is 0.465 e. The minimum Gasteiger partial charge on any atom is -0.465 e. The van der Waals surface area contributed by atoms with Crippen molar-refractivity contribution in [1.29, 1.82) is 0 Å². The maximum Gasteiger partial charge on any atom is 0.326 e. The lowest BCUT2D eigenvalue weighted by molar-refractivity contribution is -0.151. The number of hydrogen-bond donors (Lipinski definition) is 1. The first-order chi connectivity index (χ1) is 9.35. The summed E-state index contributed by atoms with van der Waals surface area (Å²) in [5.41, 5.74) is -0.596. The van der Waals surface area contributed by atoms with E-state index in [0.717, 1.165) is 18.9 Å². The minimum absolute atomic E-state index is 0.138. The van der Waals surface area contributed by atoms with E-state index >= 15 is 0 Å². The van der Waals surface area contributed by atoms with E-state index in [2.05, 4.69) is 31.1 Å². The van der Waals surface area contributed by atoms with Crippen molar-refractivity contribution in [3.63, 3.8) is 0 Å². The van der Waals surface area contributed by atoms with Crippen molar-refractivity contribution in [3.05, 3.63) is 0 Å². The number of carbonyl (C=O) groups excluding carboxylic acids is 1. The van der Waals surface area contributed by atoms with Gasteiger partial charge in [0, 0.05) is 12.1 Å². The Balaban J connectivity index is 2.65. The molecule has 0 aliphatic heterocycles. The number of rotatable bonds is 9. The molecule has 4 heteroatoms. The Kier molecular flexibility index (Phi) is 6.46. The van der Waals surface area contributed by atoms with Crippen LogP contribution in [0.3, 0.4) is 0 Å². The van der Waals surface area contributed by atoms with Crippen LogP contribution in [-0.2, 0) is 9.53 Å². The summed E-state index contributed by atoms with van der Waals surface area (Å²) < 4.78 is 5.24. The van der Waals surface area contributed by atoms with Gasteiger partial charge in [-0.2, -0.15) is 0 Å². The second-order valence-corrected chi connectivity index (χ2v) is 6.38. The Morgan fingerprint density at radius 2 is 2.00 bits per heavy atom. The summed E-state index contributed by atoms with van der Waals surface area (Å²) in [5.74, 6) is 0.705. The van der Waals surface area contributed by atoms with E-state index in [1.54, 1.807) is 0 Å². The van der Waals surface area contributed by atoms with Crippen LogP contribution in [-0.4, -0.2) is 48.7 Å². The van der Waals surface area contributed by atoms with Gasteiger partial charge < -0.3 is 15.0 Å². The lowest BCUT2D eigenvalue weighted by atomic mass is 9.92. The highest BCUT2D eigenvalue weighted by molar-refractivity contribution is 5.80. The second-order valence-electron chi connectivity index (χ2n) is 6.38. The summed E-state index contributed by atoms with van der Waals surface area (Å²) in [6.07, 6.45) is 3.47. The lowest BCUT2D eigenvalue weighted by Gasteiger charge is -2.37. The molecule has 1 N–H and O–H groups in total.